The largest absolute Gasteiger partial charge is 0.550 e. The van der Waals surface area contributed by atoms with Crippen LogP contribution in [0.25, 0.3) is 0 Å². The lowest BCUT2D eigenvalue weighted by atomic mass is 9.76. The summed E-state index contributed by atoms with van der Waals surface area (Å²) in [5.74, 6) is -3.70. The van der Waals surface area contributed by atoms with Crippen LogP contribution in [0.2, 0.25) is 0 Å². The van der Waals surface area contributed by atoms with E-state index in [0.717, 1.165) is 0 Å². The van der Waals surface area contributed by atoms with E-state index in [1.54, 1.807) is 41.5 Å². The van der Waals surface area contributed by atoms with E-state index in [0.29, 0.717) is 0 Å². The molecule has 8 heteroatoms. The molecule has 0 aromatic heterocycles. The van der Waals surface area contributed by atoms with Crippen LogP contribution in [-0.2, 0) is 29.1 Å². The fraction of sp³-hybridized carbons (Fsp3) is 0.875. The Morgan fingerprint density at radius 1 is 1.00 bits per heavy atom. The van der Waals surface area contributed by atoms with E-state index in [4.69, 9.17) is 19.6 Å². The molecule has 0 N–H and O–H groups in total. The van der Waals surface area contributed by atoms with Crippen LogP contribution in [0.5, 0.6) is 0 Å². The highest BCUT2D eigenvalue weighted by atomic mass is 17.2. The third-order valence-corrected chi connectivity index (χ3v) is 3.42. The summed E-state index contributed by atoms with van der Waals surface area (Å²) in [4.78, 5) is 43.8. The van der Waals surface area contributed by atoms with Crippen molar-refractivity contribution in [2.24, 2.45) is 5.92 Å². The van der Waals surface area contributed by atoms with Crippen LogP contribution in [0.15, 0.2) is 0 Å². The van der Waals surface area contributed by atoms with E-state index in [-0.39, 0.29) is 19.3 Å². The average Bonchev–Trinajstić information content (AvgIpc) is 2.41. The second-order valence-electron chi connectivity index (χ2n) is 8.03. The van der Waals surface area contributed by atoms with Crippen molar-refractivity contribution in [1.82, 2.24) is 0 Å². The van der Waals surface area contributed by atoms with Gasteiger partial charge in [-0.1, -0.05) is 0 Å². The molecule has 140 valence electrons. The molecule has 0 bridgehead atoms. The fourth-order valence-corrected chi connectivity index (χ4v) is 2.21. The first-order chi connectivity index (χ1) is 10.8. The zero-order valence-electron chi connectivity index (χ0n) is 15.0. The molecule has 8 nitrogen and oxygen atoms in total. The Hall–Kier alpha value is -1.22. The lowest BCUT2D eigenvalue weighted by Gasteiger charge is -2.45. The van der Waals surface area contributed by atoms with Gasteiger partial charge < -0.3 is 19.8 Å². The number of carboxylic acids is 2. The Balaban J connectivity index is 3.05. The Morgan fingerprint density at radius 3 is 1.96 bits per heavy atom. The smallest absolute Gasteiger partial charge is 0.172 e. The third-order valence-electron chi connectivity index (χ3n) is 3.42. The van der Waals surface area contributed by atoms with Gasteiger partial charge in [0.2, 0.25) is 0 Å². The highest BCUT2D eigenvalue weighted by molar-refractivity contribution is 5.77. The van der Waals surface area contributed by atoms with Gasteiger partial charge in [-0.2, -0.15) is 0 Å². The van der Waals surface area contributed by atoms with Crippen molar-refractivity contribution in [3.05, 3.63) is 0 Å². The standard InChI is InChI=1S/C16H28O8/c1-14(2,3)22-21-11-9-10(12(17)18)7-8-16(11,13(19)20)24-23-15(4,5)6/h10-11H,7-9H2,1-6H3,(H,17,18)(H,19,20)/p-2. The lowest BCUT2D eigenvalue weighted by Crippen LogP contribution is -2.62. The molecule has 0 aliphatic heterocycles. The first kappa shape index (κ1) is 20.8. The van der Waals surface area contributed by atoms with E-state index in [2.05, 4.69) is 0 Å². The number of carbonyl (C=O) groups excluding carboxylic acids is 2. The summed E-state index contributed by atoms with van der Waals surface area (Å²) >= 11 is 0. The molecule has 0 aromatic rings. The molecule has 1 saturated carbocycles. The van der Waals surface area contributed by atoms with Crippen molar-refractivity contribution in [1.29, 1.82) is 0 Å². The maximum absolute atomic E-state index is 11.8. The molecule has 3 atom stereocenters. The molecular weight excluding hydrogens is 320 g/mol. The Bertz CT molecular complexity index is 462. The molecule has 24 heavy (non-hydrogen) atoms. The minimum absolute atomic E-state index is 0.0409. The van der Waals surface area contributed by atoms with Crippen LogP contribution in [0, 0.1) is 5.92 Å². The summed E-state index contributed by atoms with van der Waals surface area (Å²) in [5, 5.41) is 22.9. The maximum atomic E-state index is 11.8. The number of hydrogen-bond acceptors (Lipinski definition) is 8. The average molecular weight is 346 g/mol. The van der Waals surface area contributed by atoms with Gasteiger partial charge in [-0.3, -0.25) is 0 Å². The first-order valence-electron chi connectivity index (χ1n) is 7.90. The molecule has 0 heterocycles. The summed E-state index contributed by atoms with van der Waals surface area (Å²) in [5.41, 5.74) is -3.47. The minimum atomic E-state index is -1.97. The van der Waals surface area contributed by atoms with Crippen molar-refractivity contribution in [2.75, 3.05) is 0 Å². The molecule has 1 aliphatic carbocycles. The van der Waals surface area contributed by atoms with Crippen molar-refractivity contribution < 1.29 is 39.4 Å². The summed E-state index contributed by atoms with van der Waals surface area (Å²) in [7, 11) is 0. The zero-order chi connectivity index (χ0) is 18.8. The highest BCUT2D eigenvalue weighted by Gasteiger charge is 2.50. The van der Waals surface area contributed by atoms with Gasteiger partial charge in [0.15, 0.2) is 5.60 Å². The van der Waals surface area contributed by atoms with Gasteiger partial charge in [0.1, 0.15) is 6.10 Å². The molecular formula is C16H26O8-2. The van der Waals surface area contributed by atoms with Crippen LogP contribution in [0.4, 0.5) is 0 Å². The molecule has 1 aliphatic rings. The number of aliphatic carboxylic acids is 2. The van der Waals surface area contributed by atoms with Crippen molar-refractivity contribution in [3.63, 3.8) is 0 Å². The topological polar surface area (TPSA) is 117 Å². The molecule has 0 amide bonds. The van der Waals surface area contributed by atoms with E-state index < -0.39 is 40.8 Å². The predicted octanol–water partition coefficient (Wildman–Crippen LogP) is -0.113. The summed E-state index contributed by atoms with van der Waals surface area (Å²) in [6, 6.07) is 0. The van der Waals surface area contributed by atoms with E-state index in [1.807, 2.05) is 0 Å². The highest BCUT2D eigenvalue weighted by Crippen LogP contribution is 2.38. The van der Waals surface area contributed by atoms with Crippen molar-refractivity contribution in [3.8, 4) is 0 Å². The molecule has 0 aromatic carbocycles. The van der Waals surface area contributed by atoms with Crippen molar-refractivity contribution in [2.45, 2.75) is 83.7 Å². The van der Waals surface area contributed by atoms with Crippen LogP contribution in [0.1, 0.15) is 60.8 Å². The lowest BCUT2D eigenvalue weighted by molar-refractivity contribution is -0.470. The number of carboxylic acid groups (broad SMARTS) is 2. The number of rotatable bonds is 6. The molecule has 3 unspecified atom stereocenters. The maximum Gasteiger partial charge on any atom is 0.172 e. The quantitative estimate of drug-likeness (QED) is 0.483. The Kier molecular flexibility index (Phi) is 6.37. The fourth-order valence-electron chi connectivity index (χ4n) is 2.21. The van der Waals surface area contributed by atoms with Gasteiger partial charge in [0, 0.05) is 11.9 Å². The van der Waals surface area contributed by atoms with Gasteiger partial charge in [-0.25, -0.2) is 19.6 Å². The zero-order valence-corrected chi connectivity index (χ0v) is 15.0. The molecule has 0 spiro atoms. The van der Waals surface area contributed by atoms with E-state index >= 15 is 0 Å². The van der Waals surface area contributed by atoms with Crippen LogP contribution in [0.3, 0.4) is 0 Å². The van der Waals surface area contributed by atoms with E-state index in [1.165, 1.54) is 0 Å². The number of carbonyl (C=O) groups is 2. The van der Waals surface area contributed by atoms with Gasteiger partial charge >= 0.3 is 0 Å². The Morgan fingerprint density at radius 2 is 1.54 bits per heavy atom. The number of hydrogen-bond donors (Lipinski definition) is 0. The van der Waals surface area contributed by atoms with Crippen LogP contribution < -0.4 is 10.2 Å². The predicted molar refractivity (Wildman–Crippen MR) is 77.7 cm³/mol. The normalized spacial score (nSPS) is 28.6. The molecule has 1 fully saturated rings. The third kappa shape index (κ3) is 5.70. The summed E-state index contributed by atoms with van der Waals surface area (Å²) < 4.78 is 0. The summed E-state index contributed by atoms with van der Waals surface area (Å²) in [6.07, 6.45) is -1.50. The van der Waals surface area contributed by atoms with Crippen LogP contribution in [-0.4, -0.2) is 34.8 Å². The van der Waals surface area contributed by atoms with Gasteiger partial charge in [0.25, 0.3) is 0 Å². The van der Waals surface area contributed by atoms with Crippen molar-refractivity contribution >= 4 is 11.9 Å². The second kappa shape index (κ2) is 7.35. The SMILES string of the molecule is CC(C)(C)OOC1CC(C(=O)[O-])CCC1(OOC(C)(C)C)C(=O)[O-]. The van der Waals surface area contributed by atoms with Crippen LogP contribution >= 0.6 is 0 Å². The molecule has 0 saturated heterocycles. The minimum Gasteiger partial charge on any atom is -0.550 e. The summed E-state index contributed by atoms with van der Waals surface area (Å²) in [6.45, 7) is 10.2. The van der Waals surface area contributed by atoms with Gasteiger partial charge in [0.05, 0.1) is 17.2 Å². The van der Waals surface area contributed by atoms with Gasteiger partial charge in [-0.15, -0.1) is 0 Å². The molecule has 0 radical (unpaired) electrons. The Labute approximate surface area is 141 Å². The molecule has 1 rings (SSSR count). The van der Waals surface area contributed by atoms with Gasteiger partial charge in [-0.05, 0) is 60.8 Å². The second-order valence-corrected chi connectivity index (χ2v) is 8.03. The monoisotopic (exact) mass is 346 g/mol. The van der Waals surface area contributed by atoms with E-state index in [9.17, 15) is 19.8 Å². The first-order valence-corrected chi connectivity index (χ1v) is 7.90.